The lowest BCUT2D eigenvalue weighted by atomic mass is 10.0. The van der Waals surface area contributed by atoms with Crippen LogP contribution in [0.5, 0.6) is 0 Å². The number of carbonyl (C=O) groups excluding carboxylic acids is 2. The van der Waals surface area contributed by atoms with Crippen LogP contribution in [-0.2, 0) is 4.79 Å². The van der Waals surface area contributed by atoms with Crippen molar-refractivity contribution >= 4 is 33.4 Å². The summed E-state index contributed by atoms with van der Waals surface area (Å²) in [5, 5.41) is 5.80. The van der Waals surface area contributed by atoms with Crippen molar-refractivity contribution in [2.75, 3.05) is 6.54 Å². The minimum absolute atomic E-state index is 0.00284. The molecular formula is C23H19N3O2. The van der Waals surface area contributed by atoms with E-state index in [1.165, 1.54) is 12.3 Å². The Morgan fingerprint density at radius 2 is 1.79 bits per heavy atom. The monoisotopic (exact) mass is 369 g/mol. The number of carbonyl (C=O) groups is 2. The zero-order valence-corrected chi connectivity index (χ0v) is 15.7. The van der Waals surface area contributed by atoms with E-state index in [0.717, 1.165) is 33.1 Å². The highest BCUT2D eigenvalue weighted by molar-refractivity contribution is 6.00. The number of rotatable bonds is 4. The Hall–Kier alpha value is -3.60. The van der Waals surface area contributed by atoms with Crippen LogP contribution in [0.1, 0.15) is 23.0 Å². The first-order chi connectivity index (χ1) is 13.5. The smallest absolute Gasteiger partial charge is 0.270 e. The SMILES string of the molecule is CC(=O)CNC(=O)c1ncc2nc(-c3ccc4ccccc4c3)ccc2c1C. The minimum Gasteiger partial charge on any atom is -0.344 e. The molecule has 1 amide bonds. The van der Waals surface area contributed by atoms with Gasteiger partial charge in [0, 0.05) is 10.9 Å². The molecule has 0 spiro atoms. The van der Waals surface area contributed by atoms with E-state index in [1.807, 2.05) is 31.2 Å². The molecule has 0 fully saturated rings. The molecule has 0 saturated carbocycles. The first-order valence-electron chi connectivity index (χ1n) is 9.06. The predicted octanol–water partition coefficient (Wildman–Crippen LogP) is 4.08. The lowest BCUT2D eigenvalue weighted by Crippen LogP contribution is -2.29. The fourth-order valence-corrected chi connectivity index (χ4v) is 3.27. The van der Waals surface area contributed by atoms with Crippen molar-refractivity contribution in [3.05, 3.63) is 72.1 Å². The van der Waals surface area contributed by atoms with Gasteiger partial charge in [-0.3, -0.25) is 9.59 Å². The summed E-state index contributed by atoms with van der Waals surface area (Å²) in [5.41, 5.74) is 3.67. The Morgan fingerprint density at radius 1 is 1.00 bits per heavy atom. The van der Waals surface area contributed by atoms with Gasteiger partial charge in [-0.1, -0.05) is 42.5 Å². The van der Waals surface area contributed by atoms with Gasteiger partial charge in [-0.15, -0.1) is 0 Å². The van der Waals surface area contributed by atoms with Gasteiger partial charge in [-0.05, 0) is 42.3 Å². The van der Waals surface area contributed by atoms with E-state index in [0.29, 0.717) is 5.69 Å². The number of amides is 1. The van der Waals surface area contributed by atoms with Gasteiger partial charge >= 0.3 is 0 Å². The number of nitrogens with one attached hydrogen (secondary N) is 1. The normalized spacial score (nSPS) is 10.9. The maximum atomic E-state index is 12.3. The number of benzene rings is 2. The Bertz CT molecular complexity index is 1230. The maximum absolute atomic E-state index is 12.3. The molecule has 0 bridgehead atoms. The lowest BCUT2D eigenvalue weighted by Gasteiger charge is -2.10. The van der Waals surface area contributed by atoms with Crippen LogP contribution in [0.25, 0.3) is 32.9 Å². The van der Waals surface area contributed by atoms with Gasteiger partial charge < -0.3 is 5.32 Å². The highest BCUT2D eigenvalue weighted by atomic mass is 16.2. The molecule has 0 aliphatic rings. The molecule has 2 aromatic carbocycles. The number of Topliss-reactive ketones (excluding diaryl/α,β-unsaturated/α-hetero) is 1. The summed E-state index contributed by atoms with van der Waals surface area (Å²) in [6.45, 7) is 3.27. The van der Waals surface area contributed by atoms with Gasteiger partial charge in [-0.25, -0.2) is 9.97 Å². The van der Waals surface area contributed by atoms with Crippen molar-refractivity contribution in [3.8, 4) is 11.3 Å². The van der Waals surface area contributed by atoms with Crippen LogP contribution < -0.4 is 5.32 Å². The third kappa shape index (κ3) is 3.34. The Balaban J connectivity index is 1.72. The number of hydrogen-bond donors (Lipinski definition) is 1. The van der Waals surface area contributed by atoms with Gasteiger partial charge in [0.1, 0.15) is 11.5 Å². The van der Waals surface area contributed by atoms with Crippen molar-refractivity contribution in [3.63, 3.8) is 0 Å². The number of pyridine rings is 2. The highest BCUT2D eigenvalue weighted by Gasteiger charge is 2.14. The molecule has 0 saturated heterocycles. The molecule has 5 nitrogen and oxygen atoms in total. The molecule has 0 radical (unpaired) electrons. The molecule has 0 atom stereocenters. The lowest BCUT2D eigenvalue weighted by molar-refractivity contribution is -0.116. The summed E-state index contributed by atoms with van der Waals surface area (Å²) in [4.78, 5) is 32.4. The predicted molar refractivity (Wildman–Crippen MR) is 110 cm³/mol. The van der Waals surface area contributed by atoms with Crippen molar-refractivity contribution in [1.82, 2.24) is 15.3 Å². The van der Waals surface area contributed by atoms with E-state index in [2.05, 4.69) is 40.6 Å². The number of aromatic nitrogens is 2. The molecule has 28 heavy (non-hydrogen) atoms. The fraction of sp³-hybridized carbons (Fsp3) is 0.130. The molecule has 5 heteroatoms. The molecule has 138 valence electrons. The zero-order chi connectivity index (χ0) is 19.7. The summed E-state index contributed by atoms with van der Waals surface area (Å²) < 4.78 is 0. The van der Waals surface area contributed by atoms with Crippen LogP contribution in [0.4, 0.5) is 0 Å². The van der Waals surface area contributed by atoms with E-state index in [1.54, 1.807) is 6.20 Å². The molecule has 0 aliphatic heterocycles. The molecular weight excluding hydrogens is 350 g/mol. The number of hydrogen-bond acceptors (Lipinski definition) is 4. The summed E-state index contributed by atoms with van der Waals surface area (Å²) in [6.07, 6.45) is 1.61. The summed E-state index contributed by atoms with van der Waals surface area (Å²) in [6, 6.07) is 18.4. The third-order valence-electron chi connectivity index (χ3n) is 4.76. The maximum Gasteiger partial charge on any atom is 0.270 e. The number of aryl methyl sites for hydroxylation is 1. The molecule has 0 unspecified atom stereocenters. The van der Waals surface area contributed by atoms with Crippen LogP contribution in [0, 0.1) is 6.92 Å². The first-order valence-corrected chi connectivity index (χ1v) is 9.06. The van der Waals surface area contributed by atoms with Crippen molar-refractivity contribution in [2.24, 2.45) is 0 Å². The first kappa shape index (κ1) is 17.8. The van der Waals surface area contributed by atoms with E-state index < -0.39 is 0 Å². The average molecular weight is 369 g/mol. The van der Waals surface area contributed by atoms with Gasteiger partial charge in [0.05, 0.1) is 24.0 Å². The number of ketones is 1. The van der Waals surface area contributed by atoms with Crippen LogP contribution in [0.2, 0.25) is 0 Å². The Morgan fingerprint density at radius 3 is 2.57 bits per heavy atom. The van der Waals surface area contributed by atoms with Crippen LogP contribution in [0.3, 0.4) is 0 Å². The second-order valence-corrected chi connectivity index (χ2v) is 6.81. The van der Waals surface area contributed by atoms with Gasteiger partial charge in [0.25, 0.3) is 5.91 Å². The molecule has 4 rings (SSSR count). The van der Waals surface area contributed by atoms with Crippen LogP contribution in [-0.4, -0.2) is 28.2 Å². The third-order valence-corrected chi connectivity index (χ3v) is 4.76. The number of fused-ring (bicyclic) bond motifs is 2. The molecule has 2 heterocycles. The van der Waals surface area contributed by atoms with E-state index in [9.17, 15) is 9.59 Å². The fourth-order valence-electron chi connectivity index (χ4n) is 3.27. The minimum atomic E-state index is -0.354. The highest BCUT2D eigenvalue weighted by Crippen LogP contribution is 2.26. The summed E-state index contributed by atoms with van der Waals surface area (Å²) >= 11 is 0. The second kappa shape index (κ2) is 7.19. The van der Waals surface area contributed by atoms with E-state index in [4.69, 9.17) is 4.98 Å². The molecule has 2 aromatic heterocycles. The second-order valence-electron chi connectivity index (χ2n) is 6.81. The average Bonchev–Trinajstić information content (AvgIpc) is 2.71. The molecule has 1 N–H and O–H groups in total. The van der Waals surface area contributed by atoms with Gasteiger partial charge in [0.2, 0.25) is 0 Å². The van der Waals surface area contributed by atoms with Gasteiger partial charge in [0.15, 0.2) is 0 Å². The molecule has 0 aliphatic carbocycles. The van der Waals surface area contributed by atoms with Gasteiger partial charge in [-0.2, -0.15) is 0 Å². The summed E-state index contributed by atoms with van der Waals surface area (Å²) in [5.74, 6) is -0.457. The van der Waals surface area contributed by atoms with Crippen LogP contribution >= 0.6 is 0 Å². The van der Waals surface area contributed by atoms with Crippen molar-refractivity contribution in [2.45, 2.75) is 13.8 Å². The van der Waals surface area contributed by atoms with E-state index >= 15 is 0 Å². The quantitative estimate of drug-likeness (QED) is 0.588. The topological polar surface area (TPSA) is 72.0 Å². The van der Waals surface area contributed by atoms with E-state index in [-0.39, 0.29) is 18.2 Å². The zero-order valence-electron chi connectivity index (χ0n) is 15.7. The summed E-state index contributed by atoms with van der Waals surface area (Å²) in [7, 11) is 0. The largest absolute Gasteiger partial charge is 0.344 e. The van der Waals surface area contributed by atoms with Crippen molar-refractivity contribution in [1.29, 1.82) is 0 Å². The Kier molecular flexibility index (Phi) is 4.57. The molecule has 4 aromatic rings. The van der Waals surface area contributed by atoms with Crippen LogP contribution in [0.15, 0.2) is 60.8 Å². The van der Waals surface area contributed by atoms with Crippen molar-refractivity contribution < 1.29 is 9.59 Å². The Labute approximate surface area is 162 Å². The number of nitrogens with zero attached hydrogens (tertiary/aromatic N) is 2. The standard InChI is InChI=1S/C23H19N3O2/c1-14(27)12-25-23(28)22-15(2)19-9-10-20(26-21(19)13-24-22)18-8-7-16-5-3-4-6-17(16)11-18/h3-11,13H,12H2,1-2H3,(H,25,28).